The van der Waals surface area contributed by atoms with Crippen LogP contribution in [0.5, 0.6) is 5.75 Å². The lowest BCUT2D eigenvalue weighted by atomic mass is 9.90. The van der Waals surface area contributed by atoms with Gasteiger partial charge in [0.15, 0.2) is 0 Å². The zero-order valence-corrected chi connectivity index (χ0v) is 28.1. The maximum atomic E-state index is 14.2. The fourth-order valence-electron chi connectivity index (χ4n) is 8.30. The molecule has 246 valence electrons. The van der Waals surface area contributed by atoms with E-state index in [1.54, 1.807) is 25.4 Å². The first kappa shape index (κ1) is 29.8. The van der Waals surface area contributed by atoms with Crippen molar-refractivity contribution in [1.29, 1.82) is 0 Å². The minimum absolute atomic E-state index is 0.0132. The first-order chi connectivity index (χ1) is 23.6. The normalized spacial score (nSPS) is 20.4. The zero-order valence-electron chi connectivity index (χ0n) is 27.3. The van der Waals surface area contributed by atoms with Crippen LogP contribution < -0.4 is 10.1 Å². The van der Waals surface area contributed by atoms with Crippen LogP contribution in [0.3, 0.4) is 0 Å². The van der Waals surface area contributed by atoms with Crippen LogP contribution in [0.1, 0.15) is 89.4 Å². The summed E-state index contributed by atoms with van der Waals surface area (Å²) in [6, 6.07) is 10.7. The highest BCUT2D eigenvalue weighted by atomic mass is 32.1. The molecule has 9 rings (SSSR count). The van der Waals surface area contributed by atoms with Crippen molar-refractivity contribution in [2.45, 2.75) is 70.4 Å². The third-order valence-electron chi connectivity index (χ3n) is 10.7. The summed E-state index contributed by atoms with van der Waals surface area (Å²) in [7, 11) is 1.73. The first-order valence-electron chi connectivity index (χ1n) is 17.1. The van der Waals surface area contributed by atoms with Crippen LogP contribution in [0.4, 0.5) is 5.82 Å². The number of ether oxygens (including phenoxy) is 2. The van der Waals surface area contributed by atoms with Gasteiger partial charge in [0.05, 0.1) is 46.4 Å². The van der Waals surface area contributed by atoms with E-state index in [2.05, 4.69) is 39.8 Å². The smallest absolute Gasteiger partial charge is 0.257 e. The Balaban J connectivity index is 1.19. The number of benzene rings is 1. The lowest BCUT2D eigenvalue weighted by Crippen LogP contribution is -2.22. The number of nitrogens with one attached hydrogen (secondary N) is 1. The molecule has 0 saturated carbocycles. The Kier molecular flexibility index (Phi) is 7.42. The van der Waals surface area contributed by atoms with Crippen molar-refractivity contribution in [2.75, 3.05) is 32.2 Å². The van der Waals surface area contributed by atoms with Crippen LogP contribution in [-0.4, -0.2) is 57.8 Å². The van der Waals surface area contributed by atoms with Gasteiger partial charge in [-0.1, -0.05) is 12.1 Å². The summed E-state index contributed by atoms with van der Waals surface area (Å²) < 4.78 is 18.5. The number of nitrogens with zero attached hydrogens (tertiary/aromatic N) is 5. The maximum Gasteiger partial charge on any atom is 0.257 e. The minimum Gasteiger partial charge on any atom is -0.496 e. The number of anilines is 1. The number of pyridine rings is 2. The monoisotopic (exact) mass is 662 g/mol. The third-order valence-corrected chi connectivity index (χ3v) is 11.8. The Morgan fingerprint density at radius 3 is 2.81 bits per heavy atom. The van der Waals surface area contributed by atoms with Crippen molar-refractivity contribution in [3.8, 4) is 27.6 Å². The quantitative estimate of drug-likeness (QED) is 0.181. The van der Waals surface area contributed by atoms with Crippen LogP contribution in [0.15, 0.2) is 40.9 Å². The highest BCUT2D eigenvalue weighted by molar-refractivity contribution is 7.23. The number of carbonyl (C=O) groups excluding carboxylic acids is 1. The van der Waals surface area contributed by atoms with Gasteiger partial charge in [-0.05, 0) is 92.0 Å². The van der Waals surface area contributed by atoms with Crippen LogP contribution >= 0.6 is 11.3 Å². The molecule has 4 aliphatic rings. The Hall–Kier alpha value is -4.35. The van der Waals surface area contributed by atoms with E-state index in [0.717, 1.165) is 120 Å². The van der Waals surface area contributed by atoms with Gasteiger partial charge in [0.1, 0.15) is 11.6 Å². The third kappa shape index (κ3) is 4.89. The van der Waals surface area contributed by atoms with Crippen molar-refractivity contribution in [2.24, 2.45) is 5.92 Å². The summed E-state index contributed by atoms with van der Waals surface area (Å²) in [6.07, 6.45) is 9.58. The molecule has 1 aromatic carbocycles. The van der Waals surface area contributed by atoms with E-state index < -0.39 is 0 Å². The molecule has 3 aliphatic heterocycles. The minimum atomic E-state index is 0.0132. The predicted molar refractivity (Wildman–Crippen MR) is 183 cm³/mol. The van der Waals surface area contributed by atoms with Crippen LogP contribution in [-0.2, 0) is 17.6 Å². The van der Waals surface area contributed by atoms with Crippen LogP contribution in [0.25, 0.3) is 32.0 Å². The first-order valence-corrected chi connectivity index (χ1v) is 18.0. The number of hydrogen-bond donors (Lipinski definition) is 1. The Morgan fingerprint density at radius 1 is 1.08 bits per heavy atom. The summed E-state index contributed by atoms with van der Waals surface area (Å²) in [5, 5.41) is 13.6. The predicted octanol–water partition coefficient (Wildman–Crippen LogP) is 7.47. The number of fused-ring (bicyclic) bond motifs is 5. The van der Waals surface area contributed by atoms with Gasteiger partial charge in [-0.2, -0.15) is 0 Å². The second kappa shape index (κ2) is 12.0. The number of hydrogen-bond acceptors (Lipinski definition) is 10. The summed E-state index contributed by atoms with van der Waals surface area (Å²) in [5.74, 6) is 3.31. The number of rotatable bonds is 8. The highest BCUT2D eigenvalue weighted by Crippen LogP contribution is 2.51. The highest BCUT2D eigenvalue weighted by Gasteiger charge is 2.45. The van der Waals surface area contributed by atoms with E-state index in [0.29, 0.717) is 23.3 Å². The van der Waals surface area contributed by atoms with Gasteiger partial charge in [-0.3, -0.25) is 9.78 Å². The van der Waals surface area contributed by atoms with Crippen molar-refractivity contribution in [1.82, 2.24) is 25.1 Å². The molecule has 48 heavy (non-hydrogen) atoms. The van der Waals surface area contributed by atoms with E-state index >= 15 is 0 Å². The molecule has 0 spiro atoms. The Labute approximate surface area is 282 Å². The largest absolute Gasteiger partial charge is 0.496 e. The fraction of sp³-hybridized carbons (Fsp3) is 0.432. The van der Waals surface area contributed by atoms with Gasteiger partial charge < -0.3 is 24.1 Å². The number of aromatic nitrogens is 4. The van der Waals surface area contributed by atoms with Gasteiger partial charge in [0.25, 0.3) is 5.91 Å². The average molecular weight is 663 g/mol. The molecule has 0 unspecified atom stereocenters. The molecule has 11 heteroatoms. The van der Waals surface area contributed by atoms with Crippen molar-refractivity contribution in [3.63, 3.8) is 0 Å². The number of carbonyl (C=O) groups is 1. The maximum absolute atomic E-state index is 14.2. The molecular weight excluding hydrogens is 625 g/mol. The van der Waals surface area contributed by atoms with Crippen molar-refractivity contribution < 1.29 is 18.7 Å². The van der Waals surface area contributed by atoms with E-state index in [4.69, 9.17) is 23.9 Å². The molecular formula is C37H38N6O4S. The summed E-state index contributed by atoms with van der Waals surface area (Å²) >= 11 is 1.66. The molecule has 1 amide bonds. The van der Waals surface area contributed by atoms with E-state index in [-0.39, 0.29) is 18.0 Å². The van der Waals surface area contributed by atoms with Gasteiger partial charge in [-0.15, -0.1) is 21.5 Å². The molecule has 10 nitrogen and oxygen atoms in total. The second-order valence-electron chi connectivity index (χ2n) is 13.4. The molecule has 1 aliphatic carbocycles. The number of thiophene rings is 1. The average Bonchev–Trinajstić information content (AvgIpc) is 3.95. The van der Waals surface area contributed by atoms with Gasteiger partial charge in [0.2, 0.25) is 11.8 Å². The van der Waals surface area contributed by atoms with E-state index in [1.807, 2.05) is 17.2 Å². The van der Waals surface area contributed by atoms with E-state index in [9.17, 15) is 4.79 Å². The van der Waals surface area contributed by atoms with Gasteiger partial charge >= 0.3 is 0 Å². The molecule has 2 atom stereocenters. The molecule has 1 N–H and O–H groups in total. The van der Waals surface area contributed by atoms with E-state index in [1.165, 1.54) is 11.1 Å². The van der Waals surface area contributed by atoms with Crippen LogP contribution in [0.2, 0.25) is 0 Å². The number of methoxy groups -OCH3 is 1. The lowest BCUT2D eigenvalue weighted by Gasteiger charge is -2.22. The molecule has 5 aromatic rings. The number of aryl methyl sites for hydroxylation is 2. The molecule has 0 bridgehead atoms. The molecule has 2 saturated heterocycles. The van der Waals surface area contributed by atoms with Crippen molar-refractivity contribution >= 4 is 33.1 Å². The SMILES string of the molecule is COc1cccc2c1CC[C@H]2Nc1nccc2cc(-c3c4c(nc(CCC5CCOCC5)c3-c3nnc(C)o3)[C@H]3CCCN3C4=O)sc12. The molecule has 7 heterocycles. The zero-order chi connectivity index (χ0) is 32.4. The fourth-order valence-corrected chi connectivity index (χ4v) is 9.46. The number of amides is 1. The molecule has 4 aromatic heterocycles. The standard InChI is InChI=1S/C37H38N6O4S/c1-20-41-42-36(47-20)30-26(10-8-21-13-17-46-18-14-21)39-33-27-6-4-16-43(27)37(44)32(33)31(30)29-19-22-12-15-38-35(34(22)48-29)40-25-11-9-24-23(25)5-3-7-28(24)45-2/h3,5,7,12,15,19,21,25,27H,4,6,8-11,13-14,16-18H2,1-2H3,(H,38,40)/t25-,27-/m1/s1. The van der Waals surface area contributed by atoms with Gasteiger partial charge in [0, 0.05) is 43.3 Å². The topological polar surface area (TPSA) is 116 Å². The summed E-state index contributed by atoms with van der Waals surface area (Å²) in [6.45, 7) is 4.17. The molecule has 0 radical (unpaired) electrons. The Morgan fingerprint density at radius 2 is 1.98 bits per heavy atom. The second-order valence-corrected chi connectivity index (χ2v) is 14.5. The Bertz CT molecular complexity index is 2050. The summed E-state index contributed by atoms with van der Waals surface area (Å²) in [5.41, 5.74) is 6.70. The molecule has 2 fully saturated rings. The lowest BCUT2D eigenvalue weighted by molar-refractivity contribution is 0.0639. The van der Waals surface area contributed by atoms with Gasteiger partial charge in [-0.25, -0.2) is 4.98 Å². The van der Waals surface area contributed by atoms with Crippen LogP contribution in [0, 0.1) is 12.8 Å². The van der Waals surface area contributed by atoms with Crippen molar-refractivity contribution in [3.05, 3.63) is 70.5 Å². The summed E-state index contributed by atoms with van der Waals surface area (Å²) in [4.78, 5) is 27.4.